The molecule has 0 fully saturated rings. The quantitative estimate of drug-likeness (QED) is 0.380. The highest BCUT2D eigenvalue weighted by atomic mass is 32.1. The van der Waals surface area contributed by atoms with Gasteiger partial charge in [0.2, 0.25) is 9.92 Å². The summed E-state index contributed by atoms with van der Waals surface area (Å²) < 4.78 is 3.66. The van der Waals surface area contributed by atoms with Gasteiger partial charge in [0, 0.05) is 24.0 Å². The van der Waals surface area contributed by atoms with Crippen LogP contribution in [0.15, 0.2) is 48.5 Å². The lowest BCUT2D eigenvalue weighted by atomic mass is 10.2. The normalized spacial score (nSPS) is 11.7. The molecule has 0 bridgehead atoms. The predicted octanol–water partition coefficient (Wildman–Crippen LogP) is 4.42. The highest BCUT2D eigenvalue weighted by molar-refractivity contribution is 7.20. The van der Waals surface area contributed by atoms with Crippen LogP contribution in [-0.4, -0.2) is 39.6 Å². The van der Waals surface area contributed by atoms with Gasteiger partial charge < -0.3 is 0 Å². The van der Waals surface area contributed by atoms with Gasteiger partial charge in [-0.15, -0.1) is 20.4 Å². The summed E-state index contributed by atoms with van der Waals surface area (Å²) in [5.41, 5.74) is 4.62. The molecule has 10 heteroatoms. The van der Waals surface area contributed by atoms with Crippen molar-refractivity contribution >= 4 is 32.6 Å². The van der Waals surface area contributed by atoms with Crippen LogP contribution in [0.4, 0.5) is 0 Å². The molecule has 0 saturated heterocycles. The van der Waals surface area contributed by atoms with Crippen LogP contribution < -0.4 is 0 Å². The maximum Gasteiger partial charge on any atom is 0.234 e. The minimum absolute atomic E-state index is 0.649. The van der Waals surface area contributed by atoms with Crippen molar-refractivity contribution < 1.29 is 0 Å². The third kappa shape index (κ3) is 3.37. The third-order valence-corrected chi connectivity index (χ3v) is 7.18. The Balaban J connectivity index is 1.25. The molecule has 0 spiro atoms. The number of rotatable bonds is 5. The van der Waals surface area contributed by atoms with E-state index in [2.05, 4.69) is 82.8 Å². The van der Waals surface area contributed by atoms with Gasteiger partial charge in [-0.3, -0.25) is 0 Å². The number of aromatic nitrogens is 8. The molecule has 0 aliphatic rings. The van der Waals surface area contributed by atoms with Crippen LogP contribution in [0, 0.1) is 13.8 Å². The van der Waals surface area contributed by atoms with Crippen LogP contribution in [-0.2, 0) is 12.8 Å². The average Bonchev–Trinajstić information content (AvgIpc) is 3.55. The van der Waals surface area contributed by atoms with E-state index >= 15 is 0 Å². The van der Waals surface area contributed by atoms with E-state index in [0.29, 0.717) is 12.8 Å². The standard InChI is InChI=1S/C22H18N8S2/c1-13-3-7-15(8-4-13)19-27-29-17(23-25-21(29)31-19)11-12-18-24-26-22-30(18)28-20(32-22)16-9-5-14(2)6-10-16/h3-10H,11-12H2,1-2H3. The van der Waals surface area contributed by atoms with E-state index < -0.39 is 0 Å². The number of fused-ring (bicyclic) bond motifs is 2. The van der Waals surface area contributed by atoms with E-state index in [-0.39, 0.29) is 0 Å². The summed E-state index contributed by atoms with van der Waals surface area (Å²) in [4.78, 5) is 1.58. The Bertz CT molecular complexity index is 1420. The Labute approximate surface area is 191 Å². The molecule has 4 aromatic heterocycles. The molecule has 0 N–H and O–H groups in total. The maximum absolute atomic E-state index is 4.74. The lowest BCUT2D eigenvalue weighted by Gasteiger charge is -1.98. The SMILES string of the molecule is Cc1ccc(-c2nn3c(CCc4nnc5sc(-c6ccc(C)cc6)nn45)nnc3s2)cc1. The van der Waals surface area contributed by atoms with Gasteiger partial charge in [0.25, 0.3) is 0 Å². The smallest absolute Gasteiger partial charge is 0.187 e. The first kappa shape index (κ1) is 19.2. The lowest BCUT2D eigenvalue weighted by Crippen LogP contribution is -2.03. The van der Waals surface area contributed by atoms with Crippen LogP contribution in [0.2, 0.25) is 0 Å². The van der Waals surface area contributed by atoms with Crippen molar-refractivity contribution in [2.45, 2.75) is 26.7 Å². The molecule has 32 heavy (non-hydrogen) atoms. The number of benzene rings is 2. The van der Waals surface area contributed by atoms with Gasteiger partial charge in [0.05, 0.1) is 0 Å². The van der Waals surface area contributed by atoms with Gasteiger partial charge in [0.1, 0.15) is 10.0 Å². The number of hydrogen-bond acceptors (Lipinski definition) is 8. The molecule has 0 saturated carbocycles. The second-order valence-corrected chi connectivity index (χ2v) is 9.58. The molecule has 4 heterocycles. The first-order valence-corrected chi connectivity index (χ1v) is 11.8. The van der Waals surface area contributed by atoms with E-state index in [1.807, 2.05) is 9.03 Å². The van der Waals surface area contributed by atoms with Gasteiger partial charge in [-0.05, 0) is 13.8 Å². The van der Waals surface area contributed by atoms with Crippen molar-refractivity contribution in [3.8, 4) is 21.1 Å². The van der Waals surface area contributed by atoms with Crippen LogP contribution in [0.3, 0.4) is 0 Å². The Morgan fingerprint density at radius 2 is 1.00 bits per heavy atom. The topological polar surface area (TPSA) is 86.2 Å². The molecular formula is C22H18N8S2. The highest BCUT2D eigenvalue weighted by Crippen LogP contribution is 2.27. The van der Waals surface area contributed by atoms with E-state index in [0.717, 1.165) is 42.7 Å². The fourth-order valence-corrected chi connectivity index (χ4v) is 5.20. The van der Waals surface area contributed by atoms with Crippen molar-refractivity contribution in [1.29, 1.82) is 0 Å². The fraction of sp³-hybridized carbons (Fsp3) is 0.182. The van der Waals surface area contributed by atoms with Crippen molar-refractivity contribution in [3.05, 3.63) is 71.3 Å². The molecule has 6 rings (SSSR count). The van der Waals surface area contributed by atoms with Gasteiger partial charge in [-0.1, -0.05) is 82.3 Å². The summed E-state index contributed by atoms with van der Waals surface area (Å²) in [6, 6.07) is 16.7. The maximum atomic E-state index is 4.74. The second-order valence-electron chi connectivity index (χ2n) is 7.67. The second kappa shape index (κ2) is 7.57. The van der Waals surface area contributed by atoms with Gasteiger partial charge >= 0.3 is 0 Å². The molecule has 0 radical (unpaired) electrons. The first-order chi connectivity index (χ1) is 15.6. The monoisotopic (exact) mass is 458 g/mol. The molecule has 0 unspecified atom stereocenters. The summed E-state index contributed by atoms with van der Waals surface area (Å²) in [6.45, 7) is 4.15. The summed E-state index contributed by atoms with van der Waals surface area (Å²) in [6.07, 6.45) is 1.30. The van der Waals surface area contributed by atoms with Crippen LogP contribution in [0.25, 0.3) is 31.1 Å². The van der Waals surface area contributed by atoms with Crippen LogP contribution in [0.5, 0.6) is 0 Å². The molecule has 0 atom stereocenters. The zero-order valence-electron chi connectivity index (χ0n) is 17.4. The summed E-state index contributed by atoms with van der Waals surface area (Å²) in [5.74, 6) is 1.61. The molecular weight excluding hydrogens is 440 g/mol. The Kier molecular flexibility index (Phi) is 4.54. The molecule has 0 amide bonds. The van der Waals surface area contributed by atoms with Crippen molar-refractivity contribution in [2.24, 2.45) is 0 Å². The van der Waals surface area contributed by atoms with Gasteiger partial charge in [-0.2, -0.15) is 19.2 Å². The molecule has 2 aromatic carbocycles. The summed E-state index contributed by atoms with van der Waals surface area (Å²) in [5, 5.41) is 28.6. The van der Waals surface area contributed by atoms with E-state index in [9.17, 15) is 0 Å². The Hall–Kier alpha value is -3.50. The predicted molar refractivity (Wildman–Crippen MR) is 125 cm³/mol. The Morgan fingerprint density at radius 1 is 0.594 bits per heavy atom. The zero-order chi connectivity index (χ0) is 21.7. The number of hydrogen-bond donors (Lipinski definition) is 0. The van der Waals surface area contributed by atoms with E-state index in [1.165, 1.54) is 33.8 Å². The van der Waals surface area contributed by atoms with Crippen LogP contribution in [0.1, 0.15) is 22.8 Å². The fourth-order valence-electron chi connectivity index (χ4n) is 3.48. The average molecular weight is 459 g/mol. The van der Waals surface area contributed by atoms with E-state index in [1.54, 1.807) is 0 Å². The van der Waals surface area contributed by atoms with Crippen molar-refractivity contribution in [1.82, 2.24) is 39.6 Å². The van der Waals surface area contributed by atoms with Crippen LogP contribution >= 0.6 is 22.7 Å². The molecule has 158 valence electrons. The molecule has 8 nitrogen and oxygen atoms in total. The largest absolute Gasteiger partial charge is 0.234 e. The van der Waals surface area contributed by atoms with E-state index in [4.69, 9.17) is 10.2 Å². The lowest BCUT2D eigenvalue weighted by molar-refractivity contribution is 0.738. The van der Waals surface area contributed by atoms with Gasteiger partial charge in [-0.25, -0.2) is 0 Å². The highest BCUT2D eigenvalue weighted by Gasteiger charge is 2.16. The first-order valence-electron chi connectivity index (χ1n) is 10.2. The number of aryl methyl sites for hydroxylation is 4. The Morgan fingerprint density at radius 3 is 1.41 bits per heavy atom. The summed E-state index contributed by atoms with van der Waals surface area (Å²) >= 11 is 3.08. The molecule has 0 aliphatic carbocycles. The zero-order valence-corrected chi connectivity index (χ0v) is 19.1. The molecule has 6 aromatic rings. The minimum Gasteiger partial charge on any atom is -0.187 e. The summed E-state index contributed by atoms with van der Waals surface area (Å²) in [7, 11) is 0. The van der Waals surface area contributed by atoms with Crippen molar-refractivity contribution in [3.63, 3.8) is 0 Å². The molecule has 0 aliphatic heterocycles. The third-order valence-electron chi connectivity index (χ3n) is 5.28. The van der Waals surface area contributed by atoms with Gasteiger partial charge in [0.15, 0.2) is 11.6 Å². The van der Waals surface area contributed by atoms with Crippen molar-refractivity contribution in [2.75, 3.05) is 0 Å². The minimum atomic E-state index is 0.649. The number of nitrogens with zero attached hydrogens (tertiary/aromatic N) is 8.